The highest BCUT2D eigenvalue weighted by Gasteiger charge is 2.41. The van der Waals surface area contributed by atoms with Gasteiger partial charge in [-0.25, -0.2) is 9.37 Å². The standard InChI is InChI=1S/C18H16FN3OS/c19-13-4-2-12(3-5-13)15-9-22-16(10-24-18(22)20-15)17(23)21-8-11-1-6-14(21)7-11/h2-5,9-11,14H,1,6-8H2/t11-,14-/m0/s1. The van der Waals surface area contributed by atoms with Crippen LogP contribution in [0, 0.1) is 11.7 Å². The summed E-state index contributed by atoms with van der Waals surface area (Å²) < 4.78 is 15.0. The van der Waals surface area contributed by atoms with Gasteiger partial charge < -0.3 is 4.90 Å². The molecule has 6 heteroatoms. The predicted molar refractivity (Wildman–Crippen MR) is 90.6 cm³/mol. The summed E-state index contributed by atoms with van der Waals surface area (Å²) in [6.07, 6.45) is 5.42. The van der Waals surface area contributed by atoms with Gasteiger partial charge in [-0.05, 0) is 49.4 Å². The van der Waals surface area contributed by atoms with Crippen molar-refractivity contribution < 1.29 is 9.18 Å². The molecule has 2 atom stereocenters. The highest BCUT2D eigenvalue weighted by atomic mass is 32.1. The second kappa shape index (κ2) is 5.14. The number of nitrogens with zero attached hydrogens (tertiary/aromatic N) is 3. The summed E-state index contributed by atoms with van der Waals surface area (Å²) in [6.45, 7) is 0.889. The van der Waals surface area contributed by atoms with Crippen LogP contribution < -0.4 is 0 Å². The predicted octanol–water partition coefficient (Wildman–Crippen LogP) is 3.83. The van der Waals surface area contributed by atoms with Crippen LogP contribution in [0.15, 0.2) is 35.8 Å². The molecule has 24 heavy (non-hydrogen) atoms. The topological polar surface area (TPSA) is 37.6 Å². The molecule has 1 aliphatic carbocycles. The molecule has 4 nitrogen and oxygen atoms in total. The first kappa shape index (κ1) is 14.2. The Hall–Kier alpha value is -2.21. The molecule has 0 spiro atoms. The van der Waals surface area contributed by atoms with E-state index in [4.69, 9.17) is 0 Å². The Morgan fingerprint density at radius 3 is 2.79 bits per heavy atom. The molecule has 3 aromatic rings. The van der Waals surface area contributed by atoms with Gasteiger partial charge in [-0.15, -0.1) is 11.3 Å². The van der Waals surface area contributed by atoms with Gasteiger partial charge in [0.25, 0.3) is 5.91 Å². The summed E-state index contributed by atoms with van der Waals surface area (Å²) in [4.78, 5) is 20.3. The summed E-state index contributed by atoms with van der Waals surface area (Å²) in [5.41, 5.74) is 2.30. The van der Waals surface area contributed by atoms with Gasteiger partial charge in [-0.2, -0.15) is 0 Å². The first-order valence-corrected chi connectivity index (χ1v) is 9.10. The SMILES string of the molecule is O=C(c1csc2nc(-c3ccc(F)cc3)cn12)N1C[C@H]2CC[C@H]1C2. The third-order valence-electron chi connectivity index (χ3n) is 5.24. The van der Waals surface area contributed by atoms with Crippen LogP contribution in [-0.4, -0.2) is 32.8 Å². The quantitative estimate of drug-likeness (QED) is 0.710. The monoisotopic (exact) mass is 341 g/mol. The molecule has 2 bridgehead atoms. The van der Waals surface area contributed by atoms with Gasteiger partial charge in [0.2, 0.25) is 0 Å². The maximum atomic E-state index is 13.1. The molecule has 1 amide bonds. The van der Waals surface area contributed by atoms with Gasteiger partial charge in [0, 0.05) is 29.7 Å². The molecule has 1 aromatic carbocycles. The minimum Gasteiger partial charge on any atom is -0.334 e. The average Bonchev–Trinajstić information content (AvgIpc) is 3.34. The van der Waals surface area contributed by atoms with Crippen molar-refractivity contribution in [2.75, 3.05) is 6.54 Å². The van der Waals surface area contributed by atoms with Crippen molar-refractivity contribution in [2.24, 2.45) is 5.92 Å². The number of hydrogen-bond donors (Lipinski definition) is 0. The zero-order chi connectivity index (χ0) is 16.3. The largest absolute Gasteiger partial charge is 0.334 e. The van der Waals surface area contributed by atoms with Gasteiger partial charge in [-0.1, -0.05) is 0 Å². The highest BCUT2D eigenvalue weighted by molar-refractivity contribution is 7.15. The zero-order valence-electron chi connectivity index (χ0n) is 13.0. The van der Waals surface area contributed by atoms with E-state index in [1.54, 1.807) is 12.1 Å². The number of likely N-dealkylation sites (tertiary alicyclic amines) is 1. The molecule has 2 aromatic heterocycles. The zero-order valence-corrected chi connectivity index (χ0v) is 13.8. The van der Waals surface area contributed by atoms with E-state index in [0.717, 1.165) is 35.6 Å². The Kier molecular flexibility index (Phi) is 3.03. The fourth-order valence-electron chi connectivity index (χ4n) is 4.02. The molecular formula is C18H16FN3OS. The smallest absolute Gasteiger partial charge is 0.272 e. The van der Waals surface area contributed by atoms with Gasteiger partial charge in [-0.3, -0.25) is 9.20 Å². The van der Waals surface area contributed by atoms with Crippen LogP contribution in [0.25, 0.3) is 16.2 Å². The van der Waals surface area contributed by atoms with Crippen molar-refractivity contribution in [3.8, 4) is 11.3 Å². The number of amides is 1. The molecule has 1 saturated carbocycles. The lowest BCUT2D eigenvalue weighted by molar-refractivity contribution is 0.0697. The third kappa shape index (κ3) is 2.09. The molecule has 3 heterocycles. The second-order valence-electron chi connectivity index (χ2n) is 6.70. The fourth-order valence-corrected chi connectivity index (χ4v) is 4.87. The number of aromatic nitrogens is 2. The Balaban J connectivity index is 1.51. The first-order chi connectivity index (χ1) is 11.7. The minimum absolute atomic E-state index is 0.108. The lowest BCUT2D eigenvalue weighted by Crippen LogP contribution is -2.38. The minimum atomic E-state index is -0.264. The number of thiazole rings is 1. The number of fused-ring (bicyclic) bond motifs is 3. The number of imidazole rings is 1. The first-order valence-electron chi connectivity index (χ1n) is 8.22. The summed E-state index contributed by atoms with van der Waals surface area (Å²) in [5, 5.41) is 1.89. The molecule has 122 valence electrons. The summed E-state index contributed by atoms with van der Waals surface area (Å²) in [6, 6.07) is 6.69. The second-order valence-corrected chi connectivity index (χ2v) is 7.53. The van der Waals surface area contributed by atoms with Crippen molar-refractivity contribution >= 4 is 22.2 Å². The molecule has 0 N–H and O–H groups in total. The third-order valence-corrected chi connectivity index (χ3v) is 6.08. The molecule has 1 aliphatic heterocycles. The van der Waals surface area contributed by atoms with Crippen molar-refractivity contribution in [3.63, 3.8) is 0 Å². The summed E-state index contributed by atoms with van der Waals surface area (Å²) in [5.74, 6) is 0.530. The van der Waals surface area contributed by atoms with E-state index in [1.807, 2.05) is 20.9 Å². The number of halogens is 1. The van der Waals surface area contributed by atoms with Gasteiger partial charge in [0.1, 0.15) is 11.5 Å². The molecule has 0 unspecified atom stereocenters. The molecule has 2 fully saturated rings. The van der Waals surface area contributed by atoms with Crippen LogP contribution in [-0.2, 0) is 0 Å². The maximum absolute atomic E-state index is 13.1. The molecule has 2 aliphatic rings. The number of carbonyl (C=O) groups excluding carboxylic acids is 1. The maximum Gasteiger partial charge on any atom is 0.272 e. The van der Waals surface area contributed by atoms with Crippen molar-refractivity contribution in [3.05, 3.63) is 47.4 Å². The fraction of sp³-hybridized carbons (Fsp3) is 0.333. The lowest BCUT2D eigenvalue weighted by atomic mass is 10.1. The van der Waals surface area contributed by atoms with Crippen LogP contribution in [0.4, 0.5) is 4.39 Å². The van der Waals surface area contributed by atoms with Gasteiger partial charge in [0.15, 0.2) is 4.96 Å². The lowest BCUT2D eigenvalue weighted by Gasteiger charge is -2.26. The Morgan fingerprint density at radius 2 is 2.08 bits per heavy atom. The summed E-state index contributed by atoms with van der Waals surface area (Å²) in [7, 11) is 0. The van der Waals surface area contributed by atoms with E-state index in [9.17, 15) is 9.18 Å². The van der Waals surface area contributed by atoms with E-state index in [0.29, 0.717) is 17.7 Å². The van der Waals surface area contributed by atoms with Crippen LogP contribution in [0.5, 0.6) is 0 Å². The van der Waals surface area contributed by atoms with Gasteiger partial charge in [0.05, 0.1) is 5.69 Å². The van der Waals surface area contributed by atoms with E-state index < -0.39 is 0 Å². The normalized spacial score (nSPS) is 22.6. The van der Waals surface area contributed by atoms with Gasteiger partial charge >= 0.3 is 0 Å². The van der Waals surface area contributed by atoms with Crippen molar-refractivity contribution in [2.45, 2.75) is 25.3 Å². The number of piperidine rings is 1. The van der Waals surface area contributed by atoms with E-state index in [-0.39, 0.29) is 11.7 Å². The van der Waals surface area contributed by atoms with Crippen LogP contribution in [0.1, 0.15) is 29.8 Å². The molecule has 0 radical (unpaired) electrons. The Bertz CT molecular complexity index is 930. The molecule has 5 rings (SSSR count). The number of rotatable bonds is 2. The Labute approximate surface area is 142 Å². The summed E-state index contributed by atoms with van der Waals surface area (Å²) >= 11 is 1.47. The van der Waals surface area contributed by atoms with E-state index in [2.05, 4.69) is 4.98 Å². The van der Waals surface area contributed by atoms with Crippen LogP contribution in [0.2, 0.25) is 0 Å². The van der Waals surface area contributed by atoms with Crippen LogP contribution >= 0.6 is 11.3 Å². The van der Waals surface area contributed by atoms with Crippen molar-refractivity contribution in [1.29, 1.82) is 0 Å². The van der Waals surface area contributed by atoms with Crippen molar-refractivity contribution in [1.82, 2.24) is 14.3 Å². The average molecular weight is 341 g/mol. The van der Waals surface area contributed by atoms with Crippen LogP contribution in [0.3, 0.4) is 0 Å². The molecule has 1 saturated heterocycles. The number of benzene rings is 1. The van der Waals surface area contributed by atoms with E-state index in [1.165, 1.54) is 29.9 Å². The Morgan fingerprint density at radius 1 is 1.25 bits per heavy atom. The number of carbonyl (C=O) groups is 1. The molecular weight excluding hydrogens is 325 g/mol. The van der Waals surface area contributed by atoms with E-state index >= 15 is 0 Å². The highest BCUT2D eigenvalue weighted by Crippen LogP contribution is 2.38. The number of hydrogen-bond acceptors (Lipinski definition) is 3.